The number of hydrogen-bond donors (Lipinski definition) is 2. The van der Waals surface area contributed by atoms with Gasteiger partial charge in [0.15, 0.2) is 17.3 Å². The SMILES string of the molecule is COc1cc(OC)c2c(c1Cl)OC1(C2=O)C(O)=C(C=NCCc2ccc(S(N)(=O)=O)cc2)C(=O)CC1C. The number of allylic oxidation sites excluding steroid dienone is 1. The molecule has 2 aliphatic rings. The zero-order valence-electron chi connectivity index (χ0n) is 20.3. The number of Topliss-reactive ketones (excluding diaryl/α,β-unsaturated/α-hetero) is 2. The van der Waals surface area contributed by atoms with E-state index < -0.39 is 33.1 Å². The molecule has 0 radical (unpaired) electrons. The highest BCUT2D eigenvalue weighted by molar-refractivity contribution is 7.89. The van der Waals surface area contributed by atoms with Gasteiger partial charge in [-0.05, 0) is 24.1 Å². The number of carbonyl (C=O) groups is 2. The largest absolute Gasteiger partial charge is 0.507 e. The highest BCUT2D eigenvalue weighted by atomic mass is 35.5. The first-order chi connectivity index (χ1) is 17.4. The lowest BCUT2D eigenvalue weighted by Gasteiger charge is -2.36. The molecule has 196 valence electrons. The first-order valence-electron chi connectivity index (χ1n) is 11.2. The number of sulfonamides is 1. The maximum Gasteiger partial charge on any atom is 0.238 e. The van der Waals surface area contributed by atoms with Gasteiger partial charge in [-0.25, -0.2) is 13.6 Å². The van der Waals surface area contributed by atoms with E-state index in [1.54, 1.807) is 19.1 Å². The van der Waals surface area contributed by atoms with Gasteiger partial charge in [-0.3, -0.25) is 14.6 Å². The fourth-order valence-electron chi connectivity index (χ4n) is 4.51. The van der Waals surface area contributed by atoms with Crippen LogP contribution in [0.25, 0.3) is 0 Å². The number of ketones is 2. The number of primary sulfonamides is 1. The highest BCUT2D eigenvalue weighted by Gasteiger charge is 2.60. The van der Waals surface area contributed by atoms with Crippen molar-refractivity contribution < 1.29 is 37.3 Å². The molecule has 0 fully saturated rings. The van der Waals surface area contributed by atoms with Gasteiger partial charge in [-0.2, -0.15) is 0 Å². The molecule has 4 rings (SSSR count). The van der Waals surface area contributed by atoms with E-state index in [-0.39, 0.29) is 57.1 Å². The summed E-state index contributed by atoms with van der Waals surface area (Å²) in [7, 11) is -1.00. The van der Waals surface area contributed by atoms with Crippen molar-refractivity contribution in [2.45, 2.75) is 30.3 Å². The van der Waals surface area contributed by atoms with Gasteiger partial charge >= 0.3 is 0 Å². The standard InChI is InChI=1S/C25H25ClN2O8S/c1-13-10-17(29)16(12-28-9-8-14-4-6-15(7-5-14)37(27,32)33)23(30)25(13)24(31)20-18(34-2)11-19(35-3)21(26)22(20)36-25/h4-7,11-13,30H,8-10H2,1-3H3,(H2,27,32,33). The molecular formula is C25H25ClN2O8S. The summed E-state index contributed by atoms with van der Waals surface area (Å²) in [5.74, 6) is -1.82. The fraction of sp³-hybridized carbons (Fsp3) is 0.320. The predicted octanol–water partition coefficient (Wildman–Crippen LogP) is 3.05. The number of halogens is 1. The van der Waals surface area contributed by atoms with Gasteiger partial charge in [-0.1, -0.05) is 30.7 Å². The molecular weight excluding hydrogens is 524 g/mol. The van der Waals surface area contributed by atoms with Crippen LogP contribution in [0.1, 0.15) is 29.3 Å². The van der Waals surface area contributed by atoms with Crippen LogP contribution < -0.4 is 19.3 Å². The van der Waals surface area contributed by atoms with Gasteiger partial charge in [0.05, 0.1) is 24.7 Å². The minimum atomic E-state index is -3.79. The Hall–Kier alpha value is -3.41. The summed E-state index contributed by atoms with van der Waals surface area (Å²) in [6.45, 7) is 1.86. The summed E-state index contributed by atoms with van der Waals surface area (Å²) < 4.78 is 39.4. The first kappa shape index (κ1) is 26.6. The van der Waals surface area contributed by atoms with Crippen LogP contribution in [0.3, 0.4) is 0 Å². The van der Waals surface area contributed by atoms with Crippen molar-refractivity contribution in [1.29, 1.82) is 0 Å². The third-order valence-electron chi connectivity index (χ3n) is 6.51. The highest BCUT2D eigenvalue weighted by Crippen LogP contribution is 2.54. The van der Waals surface area contributed by atoms with E-state index in [1.807, 2.05) is 0 Å². The Morgan fingerprint density at radius 2 is 1.86 bits per heavy atom. The van der Waals surface area contributed by atoms with Crippen LogP contribution >= 0.6 is 11.6 Å². The molecule has 10 nitrogen and oxygen atoms in total. The monoisotopic (exact) mass is 548 g/mol. The summed E-state index contributed by atoms with van der Waals surface area (Å²) in [4.78, 5) is 30.7. The predicted molar refractivity (Wildman–Crippen MR) is 136 cm³/mol. The number of nitrogens with two attached hydrogens (primary N) is 1. The van der Waals surface area contributed by atoms with Gasteiger partial charge in [-0.15, -0.1) is 0 Å². The van der Waals surface area contributed by atoms with Gasteiger partial charge in [0.25, 0.3) is 0 Å². The molecule has 1 spiro atoms. The van der Waals surface area contributed by atoms with Crippen molar-refractivity contribution in [2.75, 3.05) is 20.8 Å². The number of aliphatic hydroxyl groups excluding tert-OH is 1. The lowest BCUT2D eigenvalue weighted by Crippen LogP contribution is -2.52. The van der Waals surface area contributed by atoms with Crippen molar-refractivity contribution in [3.63, 3.8) is 0 Å². The molecule has 0 saturated heterocycles. The lowest BCUT2D eigenvalue weighted by molar-refractivity contribution is -0.118. The van der Waals surface area contributed by atoms with E-state index in [1.165, 1.54) is 38.6 Å². The Kier molecular flexibility index (Phi) is 7.06. The molecule has 0 amide bonds. The summed E-state index contributed by atoms with van der Waals surface area (Å²) in [5, 5.41) is 16.4. The van der Waals surface area contributed by atoms with Crippen molar-refractivity contribution in [2.24, 2.45) is 16.0 Å². The number of hydrogen-bond acceptors (Lipinski definition) is 9. The molecule has 2 aromatic rings. The van der Waals surface area contributed by atoms with Crippen LogP contribution in [0.4, 0.5) is 0 Å². The second-order valence-electron chi connectivity index (χ2n) is 8.73. The third kappa shape index (κ3) is 4.47. The Morgan fingerprint density at radius 3 is 2.46 bits per heavy atom. The molecule has 1 aliphatic heterocycles. The van der Waals surface area contributed by atoms with Crippen LogP contribution in [0, 0.1) is 5.92 Å². The molecule has 12 heteroatoms. The molecule has 2 aromatic carbocycles. The van der Waals surface area contributed by atoms with Crippen LogP contribution in [0.2, 0.25) is 5.02 Å². The van der Waals surface area contributed by atoms with Gasteiger partial charge in [0.1, 0.15) is 22.1 Å². The van der Waals surface area contributed by atoms with Crippen LogP contribution in [0.5, 0.6) is 17.2 Å². The Labute approximate surface area is 218 Å². The van der Waals surface area contributed by atoms with E-state index in [9.17, 15) is 23.1 Å². The normalized spacial score (nSPS) is 21.5. The zero-order valence-corrected chi connectivity index (χ0v) is 21.9. The molecule has 0 aromatic heterocycles. The van der Waals surface area contributed by atoms with Crippen molar-refractivity contribution in [1.82, 2.24) is 0 Å². The summed E-state index contributed by atoms with van der Waals surface area (Å²) in [6, 6.07) is 7.48. The zero-order chi connectivity index (χ0) is 27.1. The number of fused-ring (bicyclic) bond motifs is 1. The second kappa shape index (κ2) is 9.81. The minimum Gasteiger partial charge on any atom is -0.507 e. The number of aliphatic imine (C=N–C) groups is 1. The Balaban J connectivity index is 1.64. The molecule has 1 aliphatic carbocycles. The van der Waals surface area contributed by atoms with E-state index in [2.05, 4.69) is 4.99 Å². The smallest absolute Gasteiger partial charge is 0.238 e. The first-order valence-corrected chi connectivity index (χ1v) is 13.1. The second-order valence-corrected chi connectivity index (χ2v) is 10.7. The Bertz CT molecular complexity index is 1450. The molecule has 0 bridgehead atoms. The molecule has 2 unspecified atom stereocenters. The summed E-state index contributed by atoms with van der Waals surface area (Å²) in [5.41, 5.74) is -1.15. The summed E-state index contributed by atoms with van der Waals surface area (Å²) >= 11 is 6.42. The van der Waals surface area contributed by atoms with E-state index >= 15 is 0 Å². The Morgan fingerprint density at radius 1 is 1.22 bits per heavy atom. The maximum atomic E-state index is 13.7. The van der Waals surface area contributed by atoms with Crippen molar-refractivity contribution in [3.8, 4) is 17.2 Å². The average molecular weight is 549 g/mol. The van der Waals surface area contributed by atoms with E-state index in [4.69, 9.17) is 31.0 Å². The van der Waals surface area contributed by atoms with E-state index in [0.717, 1.165) is 5.56 Å². The van der Waals surface area contributed by atoms with Gasteiger partial charge in [0.2, 0.25) is 21.4 Å². The number of carbonyl (C=O) groups excluding carboxylic acids is 2. The number of benzene rings is 2. The van der Waals surface area contributed by atoms with Crippen LogP contribution in [0.15, 0.2) is 51.6 Å². The number of aliphatic hydroxyl groups is 1. The number of ether oxygens (including phenoxy) is 3. The maximum absolute atomic E-state index is 13.7. The fourth-order valence-corrected chi connectivity index (χ4v) is 5.29. The van der Waals surface area contributed by atoms with Crippen LogP contribution in [-0.2, 0) is 21.2 Å². The lowest BCUT2D eigenvalue weighted by atomic mass is 9.73. The number of methoxy groups -OCH3 is 2. The van der Waals surface area contributed by atoms with Crippen LogP contribution in [-0.4, -0.2) is 57.7 Å². The summed E-state index contributed by atoms with van der Waals surface area (Å²) in [6.07, 6.45) is 1.58. The molecule has 3 N–H and O–H groups in total. The number of rotatable bonds is 7. The minimum absolute atomic E-state index is 0.00127. The van der Waals surface area contributed by atoms with Crippen molar-refractivity contribution in [3.05, 3.63) is 57.8 Å². The molecule has 37 heavy (non-hydrogen) atoms. The molecule has 0 saturated carbocycles. The molecule has 2 atom stereocenters. The van der Waals surface area contributed by atoms with Gasteiger partial charge < -0.3 is 19.3 Å². The number of nitrogens with zero attached hydrogens (tertiary/aromatic N) is 1. The topological polar surface area (TPSA) is 155 Å². The van der Waals surface area contributed by atoms with Gasteiger partial charge in [0, 0.05) is 31.2 Å². The quantitative estimate of drug-likeness (QED) is 0.500. The third-order valence-corrected chi connectivity index (χ3v) is 7.80. The van der Waals surface area contributed by atoms with Crippen molar-refractivity contribution >= 4 is 39.4 Å². The molecule has 1 heterocycles. The average Bonchev–Trinajstić information content (AvgIpc) is 3.17. The van der Waals surface area contributed by atoms with E-state index in [0.29, 0.717) is 6.42 Å².